The summed E-state index contributed by atoms with van der Waals surface area (Å²) >= 11 is 0. The van der Waals surface area contributed by atoms with E-state index in [4.69, 9.17) is 14.6 Å². The number of carbonyl (C=O) groups is 1. The van der Waals surface area contributed by atoms with Gasteiger partial charge in [-0.2, -0.15) is 0 Å². The van der Waals surface area contributed by atoms with Gasteiger partial charge in [0, 0.05) is 6.54 Å². The van der Waals surface area contributed by atoms with E-state index >= 15 is 0 Å². The van der Waals surface area contributed by atoms with E-state index in [0.717, 1.165) is 17.9 Å². The van der Waals surface area contributed by atoms with Crippen LogP contribution in [0.1, 0.15) is 13.3 Å². The average molecular weight is 267 g/mol. The van der Waals surface area contributed by atoms with Gasteiger partial charge in [-0.1, -0.05) is 6.92 Å². The maximum absolute atomic E-state index is 10.5. The molecule has 0 amide bonds. The first-order chi connectivity index (χ1) is 9.11. The maximum Gasteiger partial charge on any atom is 0.317 e. The molecule has 5 heteroatoms. The highest BCUT2D eigenvalue weighted by Gasteiger charge is 2.04. The Morgan fingerprint density at radius 2 is 1.68 bits per heavy atom. The topological polar surface area (TPSA) is 59.0 Å². The number of carboxylic acids is 1. The van der Waals surface area contributed by atoms with Gasteiger partial charge in [0.15, 0.2) is 0 Å². The Labute approximate surface area is 113 Å². The second kappa shape index (κ2) is 8.37. The molecule has 0 aliphatic carbocycles. The van der Waals surface area contributed by atoms with Gasteiger partial charge in [-0.15, -0.1) is 0 Å². The molecule has 0 spiro atoms. The molecular formula is C14H21NO4. The zero-order valence-electron chi connectivity index (χ0n) is 11.5. The van der Waals surface area contributed by atoms with Crippen molar-refractivity contribution < 1.29 is 19.4 Å². The fourth-order valence-electron chi connectivity index (χ4n) is 1.48. The summed E-state index contributed by atoms with van der Waals surface area (Å²) in [6.07, 6.45) is 0.980. The Morgan fingerprint density at radius 3 is 2.16 bits per heavy atom. The number of likely N-dealkylation sites (N-methyl/N-ethyl adjacent to an activating group) is 1. The van der Waals surface area contributed by atoms with Gasteiger partial charge < -0.3 is 14.6 Å². The normalized spacial score (nSPS) is 10.5. The van der Waals surface area contributed by atoms with Crippen molar-refractivity contribution in [3.63, 3.8) is 0 Å². The Morgan fingerprint density at radius 1 is 1.16 bits per heavy atom. The third-order valence-electron chi connectivity index (χ3n) is 2.44. The molecule has 0 heterocycles. The minimum absolute atomic E-state index is 0.0210. The molecule has 1 aromatic rings. The molecule has 0 unspecified atom stereocenters. The fourth-order valence-corrected chi connectivity index (χ4v) is 1.48. The Balaban J connectivity index is 2.27. The van der Waals surface area contributed by atoms with Crippen LogP contribution in [0.25, 0.3) is 0 Å². The van der Waals surface area contributed by atoms with Gasteiger partial charge >= 0.3 is 5.97 Å². The molecular weight excluding hydrogens is 246 g/mol. The number of carboxylic acid groups (broad SMARTS) is 1. The second-order valence-electron chi connectivity index (χ2n) is 4.30. The molecule has 0 bridgehead atoms. The zero-order valence-corrected chi connectivity index (χ0v) is 11.5. The van der Waals surface area contributed by atoms with Crippen LogP contribution in [0.15, 0.2) is 24.3 Å². The van der Waals surface area contributed by atoms with Gasteiger partial charge in [-0.25, -0.2) is 0 Å². The van der Waals surface area contributed by atoms with E-state index in [1.165, 1.54) is 0 Å². The second-order valence-corrected chi connectivity index (χ2v) is 4.30. The number of benzene rings is 1. The minimum Gasteiger partial charge on any atom is -0.494 e. The van der Waals surface area contributed by atoms with E-state index in [1.54, 1.807) is 11.9 Å². The Hall–Kier alpha value is -1.75. The molecule has 5 nitrogen and oxygen atoms in total. The summed E-state index contributed by atoms with van der Waals surface area (Å²) in [5.74, 6) is 0.754. The molecule has 0 saturated heterocycles. The van der Waals surface area contributed by atoms with Crippen molar-refractivity contribution in [2.45, 2.75) is 13.3 Å². The fraction of sp³-hybridized carbons (Fsp3) is 0.500. The van der Waals surface area contributed by atoms with E-state index in [2.05, 4.69) is 6.92 Å². The van der Waals surface area contributed by atoms with Crippen molar-refractivity contribution in [1.29, 1.82) is 0 Å². The molecule has 0 atom stereocenters. The van der Waals surface area contributed by atoms with Gasteiger partial charge in [0.05, 0.1) is 13.2 Å². The van der Waals surface area contributed by atoms with E-state index < -0.39 is 5.97 Å². The van der Waals surface area contributed by atoms with Crippen molar-refractivity contribution in [2.75, 3.05) is 33.4 Å². The first-order valence-corrected chi connectivity index (χ1v) is 6.38. The summed E-state index contributed by atoms with van der Waals surface area (Å²) in [6.45, 7) is 3.82. The summed E-state index contributed by atoms with van der Waals surface area (Å²) in [4.78, 5) is 12.2. The van der Waals surface area contributed by atoms with Crippen LogP contribution in [0.3, 0.4) is 0 Å². The summed E-state index contributed by atoms with van der Waals surface area (Å²) in [6, 6.07) is 7.43. The van der Waals surface area contributed by atoms with Gasteiger partial charge in [-0.3, -0.25) is 9.69 Å². The highest BCUT2D eigenvalue weighted by molar-refractivity contribution is 5.68. The lowest BCUT2D eigenvalue weighted by Crippen LogP contribution is -2.29. The van der Waals surface area contributed by atoms with Crippen LogP contribution < -0.4 is 9.47 Å². The summed E-state index contributed by atoms with van der Waals surface area (Å²) in [5, 5.41) is 8.61. The van der Waals surface area contributed by atoms with Crippen LogP contribution in [0.5, 0.6) is 11.5 Å². The third kappa shape index (κ3) is 6.67. The lowest BCUT2D eigenvalue weighted by molar-refractivity contribution is -0.138. The van der Waals surface area contributed by atoms with Crippen LogP contribution in [0, 0.1) is 0 Å². The van der Waals surface area contributed by atoms with E-state index in [-0.39, 0.29) is 6.54 Å². The Kier molecular flexibility index (Phi) is 6.74. The third-order valence-corrected chi connectivity index (χ3v) is 2.44. The number of hydrogen-bond donors (Lipinski definition) is 1. The number of rotatable bonds is 9. The van der Waals surface area contributed by atoms with Crippen molar-refractivity contribution >= 4 is 5.97 Å². The molecule has 0 aliphatic rings. The predicted molar refractivity (Wildman–Crippen MR) is 72.9 cm³/mol. The molecule has 0 radical (unpaired) electrons. The monoisotopic (exact) mass is 267 g/mol. The van der Waals surface area contributed by atoms with Gasteiger partial charge in [0.2, 0.25) is 0 Å². The van der Waals surface area contributed by atoms with E-state index in [9.17, 15) is 4.79 Å². The SMILES string of the molecule is CCCOc1ccc(OCCN(C)CC(=O)O)cc1. The summed E-state index contributed by atoms with van der Waals surface area (Å²) < 4.78 is 11.0. The maximum atomic E-state index is 10.5. The van der Waals surface area contributed by atoms with Gasteiger partial charge in [0.1, 0.15) is 18.1 Å². The number of nitrogens with zero attached hydrogens (tertiary/aromatic N) is 1. The first-order valence-electron chi connectivity index (χ1n) is 6.38. The van der Waals surface area contributed by atoms with Crippen molar-refractivity contribution in [3.05, 3.63) is 24.3 Å². The lowest BCUT2D eigenvalue weighted by Gasteiger charge is -2.14. The molecule has 1 N–H and O–H groups in total. The van der Waals surface area contributed by atoms with Gasteiger partial charge in [-0.05, 0) is 37.7 Å². The molecule has 0 saturated carbocycles. The number of aliphatic carboxylic acids is 1. The summed E-state index contributed by atoms with van der Waals surface area (Å²) in [5.41, 5.74) is 0. The van der Waals surface area contributed by atoms with Crippen molar-refractivity contribution in [1.82, 2.24) is 4.90 Å². The van der Waals surface area contributed by atoms with Crippen LogP contribution in [-0.2, 0) is 4.79 Å². The average Bonchev–Trinajstić information content (AvgIpc) is 2.37. The highest BCUT2D eigenvalue weighted by atomic mass is 16.5. The lowest BCUT2D eigenvalue weighted by atomic mass is 10.3. The van der Waals surface area contributed by atoms with E-state index in [0.29, 0.717) is 19.8 Å². The smallest absolute Gasteiger partial charge is 0.317 e. The molecule has 19 heavy (non-hydrogen) atoms. The number of hydrogen-bond acceptors (Lipinski definition) is 4. The van der Waals surface area contributed by atoms with Crippen LogP contribution in [-0.4, -0.2) is 49.3 Å². The van der Waals surface area contributed by atoms with Crippen molar-refractivity contribution in [3.8, 4) is 11.5 Å². The Bertz CT molecular complexity index is 378. The van der Waals surface area contributed by atoms with Crippen LogP contribution >= 0.6 is 0 Å². The standard InChI is InChI=1S/C14H21NO4/c1-3-9-18-12-4-6-13(7-5-12)19-10-8-15(2)11-14(16)17/h4-7H,3,8-11H2,1-2H3,(H,16,17). The highest BCUT2D eigenvalue weighted by Crippen LogP contribution is 2.17. The molecule has 0 aromatic heterocycles. The quantitative estimate of drug-likeness (QED) is 0.740. The zero-order chi connectivity index (χ0) is 14.1. The molecule has 1 rings (SSSR count). The first kappa shape index (κ1) is 15.3. The molecule has 0 aliphatic heterocycles. The molecule has 1 aromatic carbocycles. The van der Waals surface area contributed by atoms with Crippen LogP contribution in [0.2, 0.25) is 0 Å². The summed E-state index contributed by atoms with van der Waals surface area (Å²) in [7, 11) is 1.75. The minimum atomic E-state index is -0.833. The molecule has 106 valence electrons. The van der Waals surface area contributed by atoms with Crippen molar-refractivity contribution in [2.24, 2.45) is 0 Å². The van der Waals surface area contributed by atoms with Gasteiger partial charge in [0.25, 0.3) is 0 Å². The van der Waals surface area contributed by atoms with Crippen LogP contribution in [0.4, 0.5) is 0 Å². The van der Waals surface area contributed by atoms with E-state index in [1.807, 2.05) is 24.3 Å². The number of ether oxygens (including phenoxy) is 2. The molecule has 0 fully saturated rings. The largest absolute Gasteiger partial charge is 0.494 e. The predicted octanol–water partition coefficient (Wildman–Crippen LogP) is 1.87.